The van der Waals surface area contributed by atoms with Crippen LogP contribution in [0.4, 0.5) is 0 Å². The van der Waals surface area contributed by atoms with Crippen LogP contribution in [-0.4, -0.2) is 35.7 Å². The van der Waals surface area contributed by atoms with Gasteiger partial charge in [-0.2, -0.15) is 0 Å². The molecule has 0 fully saturated rings. The molecule has 0 saturated heterocycles. The van der Waals surface area contributed by atoms with Crippen molar-refractivity contribution in [1.82, 2.24) is 18.7 Å². The second-order valence-corrected chi connectivity index (χ2v) is 5.18. The zero-order chi connectivity index (χ0) is 15.7. The largest absolute Gasteiger partial charge is 0.391 e. The summed E-state index contributed by atoms with van der Waals surface area (Å²) < 4.78 is 3.79. The minimum Gasteiger partial charge on any atom is -0.391 e. The molecule has 0 aliphatic carbocycles. The Kier molecular flexibility index (Phi) is 4.08. The molecule has 8 nitrogen and oxygen atoms in total. The Hall–Kier alpha value is -2.22. The van der Waals surface area contributed by atoms with Crippen LogP contribution >= 0.6 is 0 Å². The smallest absolute Gasteiger partial charge is 0.332 e. The fourth-order valence-electron chi connectivity index (χ4n) is 2.23. The van der Waals surface area contributed by atoms with Gasteiger partial charge in [-0.1, -0.05) is 0 Å². The maximum Gasteiger partial charge on any atom is 0.332 e. The summed E-state index contributed by atoms with van der Waals surface area (Å²) in [6.07, 6.45) is 0.964. The Bertz CT molecular complexity index is 799. The molecule has 0 saturated carbocycles. The summed E-state index contributed by atoms with van der Waals surface area (Å²) in [6.45, 7) is 1.29. The predicted octanol–water partition coefficient (Wildman–Crippen LogP) is -0.836. The Morgan fingerprint density at radius 3 is 2.67 bits per heavy atom. The van der Waals surface area contributed by atoms with Crippen molar-refractivity contribution >= 4 is 16.9 Å². The molecule has 1 unspecified atom stereocenters. The number of aliphatic hydroxyl groups is 1. The van der Waals surface area contributed by atoms with Gasteiger partial charge in [-0.3, -0.25) is 13.9 Å². The van der Waals surface area contributed by atoms with Crippen LogP contribution < -0.4 is 11.2 Å². The SMILES string of the molecule is CC(=O)CCC(O)Cn1c(=O)c2c(ncn2C)n(C)c1=O. The molecule has 0 spiro atoms. The zero-order valence-corrected chi connectivity index (χ0v) is 12.2. The highest BCUT2D eigenvalue weighted by Crippen LogP contribution is 2.04. The molecule has 2 aromatic rings. The molecule has 2 aromatic heterocycles. The van der Waals surface area contributed by atoms with E-state index in [0.29, 0.717) is 11.2 Å². The van der Waals surface area contributed by atoms with Gasteiger partial charge < -0.3 is 14.5 Å². The number of aryl methyl sites for hydroxylation is 2. The monoisotopic (exact) mass is 294 g/mol. The summed E-state index contributed by atoms with van der Waals surface area (Å²) in [4.78, 5) is 39.5. The van der Waals surface area contributed by atoms with Gasteiger partial charge in [0.15, 0.2) is 11.2 Å². The average molecular weight is 294 g/mol. The van der Waals surface area contributed by atoms with Gasteiger partial charge in [-0.05, 0) is 13.3 Å². The molecule has 0 aliphatic rings. The van der Waals surface area contributed by atoms with E-state index in [2.05, 4.69) is 4.98 Å². The second-order valence-electron chi connectivity index (χ2n) is 5.18. The molecule has 0 aromatic carbocycles. The van der Waals surface area contributed by atoms with Crippen LogP contribution in [0.1, 0.15) is 19.8 Å². The average Bonchev–Trinajstić information content (AvgIpc) is 2.81. The second kappa shape index (κ2) is 5.65. The highest BCUT2D eigenvalue weighted by atomic mass is 16.3. The third-order valence-corrected chi connectivity index (χ3v) is 3.42. The van der Waals surface area contributed by atoms with Crippen LogP contribution in [0.5, 0.6) is 0 Å². The van der Waals surface area contributed by atoms with Gasteiger partial charge in [-0.25, -0.2) is 9.78 Å². The molecular formula is C13H18N4O4. The topological polar surface area (TPSA) is 99.1 Å². The zero-order valence-electron chi connectivity index (χ0n) is 12.2. The van der Waals surface area contributed by atoms with E-state index < -0.39 is 17.4 Å². The number of Topliss-reactive ketones (excluding diaryl/α,β-unsaturated/α-hetero) is 1. The van der Waals surface area contributed by atoms with Gasteiger partial charge in [0.1, 0.15) is 5.78 Å². The molecule has 21 heavy (non-hydrogen) atoms. The van der Waals surface area contributed by atoms with Crippen LogP contribution in [0.3, 0.4) is 0 Å². The minimum absolute atomic E-state index is 0.0450. The fourth-order valence-corrected chi connectivity index (χ4v) is 2.23. The van der Waals surface area contributed by atoms with E-state index in [1.54, 1.807) is 7.05 Å². The van der Waals surface area contributed by atoms with Crippen molar-refractivity contribution in [1.29, 1.82) is 0 Å². The molecule has 1 N–H and O–H groups in total. The lowest BCUT2D eigenvalue weighted by atomic mass is 10.1. The fraction of sp³-hybridized carbons (Fsp3) is 0.538. The Morgan fingerprint density at radius 2 is 2.05 bits per heavy atom. The summed E-state index contributed by atoms with van der Waals surface area (Å²) in [7, 11) is 3.19. The number of fused-ring (bicyclic) bond motifs is 1. The van der Waals surface area contributed by atoms with Crippen LogP contribution in [0.25, 0.3) is 11.2 Å². The number of nitrogens with zero attached hydrogens (tertiary/aromatic N) is 4. The van der Waals surface area contributed by atoms with Gasteiger partial charge in [0.2, 0.25) is 0 Å². The van der Waals surface area contributed by atoms with Crippen molar-refractivity contribution in [2.75, 3.05) is 0 Å². The molecule has 0 aliphatic heterocycles. The number of hydrogen-bond acceptors (Lipinski definition) is 5. The summed E-state index contributed by atoms with van der Waals surface area (Å²) in [5, 5.41) is 9.90. The van der Waals surface area contributed by atoms with E-state index in [0.717, 1.165) is 4.57 Å². The minimum atomic E-state index is -0.926. The Labute approximate surface area is 120 Å². The highest BCUT2D eigenvalue weighted by Gasteiger charge is 2.17. The van der Waals surface area contributed by atoms with Gasteiger partial charge in [0, 0.05) is 20.5 Å². The van der Waals surface area contributed by atoms with E-state index >= 15 is 0 Å². The number of carbonyl (C=O) groups is 1. The molecule has 0 radical (unpaired) electrons. The number of ketones is 1. The van der Waals surface area contributed by atoms with E-state index in [4.69, 9.17) is 0 Å². The van der Waals surface area contributed by atoms with Crippen molar-refractivity contribution in [3.8, 4) is 0 Å². The molecule has 2 heterocycles. The van der Waals surface area contributed by atoms with E-state index in [1.165, 1.54) is 29.4 Å². The lowest BCUT2D eigenvalue weighted by Gasteiger charge is -2.12. The van der Waals surface area contributed by atoms with Gasteiger partial charge in [0.25, 0.3) is 5.56 Å². The molecule has 8 heteroatoms. The summed E-state index contributed by atoms with van der Waals surface area (Å²) in [5.74, 6) is -0.0450. The van der Waals surface area contributed by atoms with E-state index in [-0.39, 0.29) is 25.2 Å². The number of carbonyl (C=O) groups excluding carboxylic acids is 1. The molecule has 2 rings (SSSR count). The van der Waals surface area contributed by atoms with Crippen LogP contribution in [0, 0.1) is 0 Å². The normalized spacial score (nSPS) is 12.8. The first-order valence-corrected chi connectivity index (χ1v) is 6.61. The van der Waals surface area contributed by atoms with Gasteiger partial charge >= 0.3 is 5.69 Å². The first kappa shape index (κ1) is 15.2. The quantitative estimate of drug-likeness (QED) is 0.775. The van der Waals surface area contributed by atoms with Crippen molar-refractivity contribution in [2.24, 2.45) is 14.1 Å². The first-order chi connectivity index (χ1) is 9.82. The number of hydrogen-bond donors (Lipinski definition) is 1. The first-order valence-electron chi connectivity index (χ1n) is 6.61. The number of aromatic nitrogens is 4. The molecule has 0 bridgehead atoms. The van der Waals surface area contributed by atoms with Crippen LogP contribution in [0.15, 0.2) is 15.9 Å². The Morgan fingerprint density at radius 1 is 1.38 bits per heavy atom. The standard InChI is InChI=1S/C13H18N4O4/c1-8(18)4-5-9(19)6-17-12(20)10-11(14-7-15(10)2)16(3)13(17)21/h7,9,19H,4-6H2,1-3H3. The van der Waals surface area contributed by atoms with Crippen molar-refractivity contribution in [3.05, 3.63) is 27.2 Å². The van der Waals surface area contributed by atoms with Gasteiger partial charge in [-0.15, -0.1) is 0 Å². The Balaban J connectivity index is 2.45. The van der Waals surface area contributed by atoms with Crippen molar-refractivity contribution in [2.45, 2.75) is 32.4 Å². The summed E-state index contributed by atoms with van der Waals surface area (Å²) in [5.41, 5.74) is -0.416. The maximum atomic E-state index is 12.4. The van der Waals surface area contributed by atoms with E-state index in [9.17, 15) is 19.5 Å². The summed E-state index contributed by atoms with van der Waals surface area (Å²) >= 11 is 0. The lowest BCUT2D eigenvalue weighted by Crippen LogP contribution is -2.42. The molecule has 0 amide bonds. The number of imidazole rings is 1. The third-order valence-electron chi connectivity index (χ3n) is 3.42. The van der Waals surface area contributed by atoms with Gasteiger partial charge in [0.05, 0.1) is 19.0 Å². The van der Waals surface area contributed by atoms with Crippen molar-refractivity contribution < 1.29 is 9.90 Å². The predicted molar refractivity (Wildman–Crippen MR) is 76.1 cm³/mol. The lowest BCUT2D eigenvalue weighted by molar-refractivity contribution is -0.117. The van der Waals surface area contributed by atoms with Crippen molar-refractivity contribution in [3.63, 3.8) is 0 Å². The number of aliphatic hydroxyl groups excluding tert-OH is 1. The maximum absolute atomic E-state index is 12.4. The highest BCUT2D eigenvalue weighted by molar-refractivity contribution is 5.75. The number of rotatable bonds is 5. The molecule has 114 valence electrons. The van der Waals surface area contributed by atoms with E-state index in [1.807, 2.05) is 0 Å². The third kappa shape index (κ3) is 2.80. The molecular weight excluding hydrogens is 276 g/mol. The van der Waals surface area contributed by atoms with Crippen LogP contribution in [0.2, 0.25) is 0 Å². The van der Waals surface area contributed by atoms with Crippen LogP contribution in [-0.2, 0) is 25.4 Å². The summed E-state index contributed by atoms with van der Waals surface area (Å²) in [6, 6.07) is 0. The molecule has 1 atom stereocenters.